The summed E-state index contributed by atoms with van der Waals surface area (Å²) in [5.74, 6) is 1.43. The number of nitrogens with zero attached hydrogens (tertiary/aromatic N) is 4. The van der Waals surface area contributed by atoms with Crippen molar-refractivity contribution in [3.05, 3.63) is 5.82 Å². The van der Waals surface area contributed by atoms with E-state index in [9.17, 15) is 5.11 Å². The number of hydrogen-bond donors (Lipinski definition) is 0. The standard InChI is InChI=1S/C14H25N4O/c19-12-14-15-16-17-18(14)11-7-3-6-10-13-8-4-1-2-5-9-13/h13H,1-12H2. The Morgan fingerprint density at radius 3 is 2.58 bits per heavy atom. The van der Waals surface area contributed by atoms with E-state index < -0.39 is 0 Å². The Kier molecular flexibility index (Phi) is 6.27. The number of aryl methyl sites for hydroxylation is 1. The van der Waals surface area contributed by atoms with Crippen LogP contribution in [0.5, 0.6) is 0 Å². The minimum absolute atomic E-state index is 0.324. The molecule has 1 aromatic heterocycles. The molecular weight excluding hydrogens is 240 g/mol. The molecule has 0 bridgehead atoms. The Morgan fingerprint density at radius 2 is 1.84 bits per heavy atom. The third-order valence-corrected chi connectivity index (χ3v) is 4.19. The van der Waals surface area contributed by atoms with Crippen molar-refractivity contribution in [3.63, 3.8) is 0 Å². The average Bonchev–Trinajstić information content (AvgIpc) is 2.72. The summed E-state index contributed by atoms with van der Waals surface area (Å²) < 4.78 is 1.65. The van der Waals surface area contributed by atoms with Crippen molar-refractivity contribution in [3.8, 4) is 0 Å². The minimum Gasteiger partial charge on any atom is -0.228 e. The molecule has 0 saturated heterocycles. The van der Waals surface area contributed by atoms with Gasteiger partial charge < -0.3 is 0 Å². The smallest absolute Gasteiger partial charge is 0.180 e. The Hall–Kier alpha value is -0.970. The van der Waals surface area contributed by atoms with Gasteiger partial charge in [-0.05, 0) is 22.8 Å². The van der Waals surface area contributed by atoms with Crippen LogP contribution in [0.1, 0.15) is 70.0 Å². The first kappa shape index (κ1) is 14.4. The lowest BCUT2D eigenvalue weighted by Gasteiger charge is -2.13. The highest BCUT2D eigenvalue weighted by Gasteiger charge is 2.11. The molecule has 1 aromatic rings. The molecule has 5 heteroatoms. The van der Waals surface area contributed by atoms with E-state index in [2.05, 4.69) is 15.5 Å². The summed E-state index contributed by atoms with van der Waals surface area (Å²) in [4.78, 5) is 0. The monoisotopic (exact) mass is 265 g/mol. The summed E-state index contributed by atoms with van der Waals surface area (Å²) in [6.45, 7) is 0.463. The van der Waals surface area contributed by atoms with Gasteiger partial charge in [-0.15, -0.1) is 5.10 Å². The van der Waals surface area contributed by atoms with Crippen LogP contribution in [0.3, 0.4) is 0 Å². The van der Waals surface area contributed by atoms with Crippen LogP contribution in [-0.4, -0.2) is 20.2 Å². The second-order valence-corrected chi connectivity index (χ2v) is 5.67. The zero-order chi connectivity index (χ0) is 13.3. The van der Waals surface area contributed by atoms with Gasteiger partial charge in [0, 0.05) is 6.54 Å². The Morgan fingerprint density at radius 1 is 1.05 bits per heavy atom. The number of hydrogen-bond acceptors (Lipinski definition) is 3. The molecule has 1 radical (unpaired) electrons. The maximum absolute atomic E-state index is 10.8. The zero-order valence-electron chi connectivity index (χ0n) is 11.8. The van der Waals surface area contributed by atoms with Gasteiger partial charge in [0.2, 0.25) is 0 Å². The van der Waals surface area contributed by atoms with Gasteiger partial charge in [-0.2, -0.15) is 0 Å². The van der Waals surface area contributed by atoms with Crippen LogP contribution >= 0.6 is 0 Å². The van der Waals surface area contributed by atoms with Gasteiger partial charge in [-0.25, -0.2) is 9.79 Å². The Balaban J connectivity index is 1.56. The van der Waals surface area contributed by atoms with E-state index in [0.29, 0.717) is 5.82 Å². The fourth-order valence-corrected chi connectivity index (χ4v) is 3.02. The topological polar surface area (TPSA) is 63.5 Å². The maximum Gasteiger partial charge on any atom is 0.180 e. The highest BCUT2D eigenvalue weighted by atomic mass is 16.3. The molecule has 1 fully saturated rings. The van der Waals surface area contributed by atoms with Gasteiger partial charge in [-0.3, -0.25) is 0 Å². The van der Waals surface area contributed by atoms with Gasteiger partial charge in [0.15, 0.2) is 5.82 Å². The van der Waals surface area contributed by atoms with E-state index in [4.69, 9.17) is 0 Å². The van der Waals surface area contributed by atoms with E-state index in [1.165, 1.54) is 57.8 Å². The third-order valence-electron chi connectivity index (χ3n) is 4.19. The largest absolute Gasteiger partial charge is 0.228 e. The fourth-order valence-electron chi connectivity index (χ4n) is 3.02. The molecular formula is C14H25N4O. The lowest BCUT2D eigenvalue weighted by molar-refractivity contribution is 0.164. The van der Waals surface area contributed by atoms with Crippen molar-refractivity contribution in [2.75, 3.05) is 0 Å². The summed E-state index contributed by atoms with van der Waals surface area (Å²) in [5, 5.41) is 21.9. The van der Waals surface area contributed by atoms with Crippen LogP contribution in [0.2, 0.25) is 0 Å². The van der Waals surface area contributed by atoms with E-state index in [0.717, 1.165) is 18.9 Å². The molecule has 0 amide bonds. The highest BCUT2D eigenvalue weighted by Crippen LogP contribution is 2.27. The predicted molar refractivity (Wildman–Crippen MR) is 71.9 cm³/mol. The van der Waals surface area contributed by atoms with Crippen LogP contribution in [0.15, 0.2) is 0 Å². The zero-order valence-corrected chi connectivity index (χ0v) is 11.8. The molecule has 2 rings (SSSR count). The fraction of sp³-hybridized carbons (Fsp3) is 0.929. The second-order valence-electron chi connectivity index (χ2n) is 5.67. The van der Waals surface area contributed by atoms with Crippen LogP contribution in [-0.2, 0) is 18.3 Å². The number of tetrazole rings is 1. The highest BCUT2D eigenvalue weighted by molar-refractivity contribution is 4.75. The lowest BCUT2D eigenvalue weighted by Crippen LogP contribution is -2.06. The van der Waals surface area contributed by atoms with Crippen molar-refractivity contribution < 1.29 is 5.11 Å². The van der Waals surface area contributed by atoms with Gasteiger partial charge in [0.05, 0.1) is 0 Å². The molecule has 107 valence electrons. The molecule has 0 spiro atoms. The molecule has 19 heavy (non-hydrogen) atoms. The van der Waals surface area contributed by atoms with Crippen LogP contribution < -0.4 is 0 Å². The van der Waals surface area contributed by atoms with Gasteiger partial charge in [0.1, 0.15) is 6.61 Å². The lowest BCUT2D eigenvalue weighted by atomic mass is 9.94. The van der Waals surface area contributed by atoms with E-state index in [1.54, 1.807) is 4.68 Å². The summed E-state index contributed by atoms with van der Waals surface area (Å²) in [6, 6.07) is 0. The van der Waals surface area contributed by atoms with Gasteiger partial charge >= 0.3 is 0 Å². The Bertz CT molecular complexity index is 345. The third kappa shape index (κ3) is 4.90. The molecule has 1 heterocycles. The van der Waals surface area contributed by atoms with Crippen LogP contribution in [0.25, 0.3) is 0 Å². The molecule has 1 aliphatic rings. The first-order valence-corrected chi connectivity index (χ1v) is 7.73. The summed E-state index contributed by atoms with van der Waals surface area (Å²) in [6.07, 6.45) is 13.6. The number of unbranched alkanes of at least 4 members (excludes halogenated alkanes) is 2. The molecule has 0 atom stereocenters. The van der Waals surface area contributed by atoms with Crippen molar-refractivity contribution in [2.24, 2.45) is 5.92 Å². The normalized spacial score (nSPS) is 17.5. The van der Waals surface area contributed by atoms with Gasteiger partial charge in [0.25, 0.3) is 0 Å². The van der Waals surface area contributed by atoms with Crippen LogP contribution in [0, 0.1) is 5.92 Å². The molecule has 0 aromatic carbocycles. The second kappa shape index (κ2) is 8.25. The summed E-state index contributed by atoms with van der Waals surface area (Å²) >= 11 is 0. The van der Waals surface area contributed by atoms with E-state index >= 15 is 0 Å². The predicted octanol–water partition coefficient (Wildman–Crippen LogP) is 3.13. The van der Waals surface area contributed by atoms with Crippen molar-refractivity contribution in [2.45, 2.75) is 77.4 Å². The van der Waals surface area contributed by atoms with Crippen molar-refractivity contribution in [1.82, 2.24) is 20.2 Å². The molecule has 5 nitrogen and oxygen atoms in total. The molecule has 0 N–H and O–H groups in total. The number of aromatic nitrogens is 4. The van der Waals surface area contributed by atoms with Gasteiger partial charge in [-0.1, -0.05) is 57.8 Å². The van der Waals surface area contributed by atoms with E-state index in [1.807, 2.05) is 0 Å². The Labute approximate surface area is 115 Å². The van der Waals surface area contributed by atoms with Crippen molar-refractivity contribution in [1.29, 1.82) is 0 Å². The van der Waals surface area contributed by atoms with E-state index in [-0.39, 0.29) is 6.61 Å². The first-order valence-electron chi connectivity index (χ1n) is 7.73. The maximum atomic E-state index is 10.8. The quantitative estimate of drug-likeness (QED) is 0.562. The first-order chi connectivity index (χ1) is 9.40. The average molecular weight is 265 g/mol. The molecule has 1 saturated carbocycles. The summed E-state index contributed by atoms with van der Waals surface area (Å²) in [5.41, 5.74) is 0. The van der Waals surface area contributed by atoms with Crippen LogP contribution in [0.4, 0.5) is 0 Å². The molecule has 1 aliphatic carbocycles. The minimum atomic E-state index is -0.324. The number of rotatable bonds is 7. The molecule has 0 aliphatic heterocycles. The SMILES string of the molecule is [O]Cc1nnnn1CCCCCC1CCCCCC1. The summed E-state index contributed by atoms with van der Waals surface area (Å²) in [7, 11) is 0. The van der Waals surface area contributed by atoms with Crippen molar-refractivity contribution >= 4 is 0 Å². The molecule has 0 unspecified atom stereocenters.